The molecular weight excluding hydrogens is 136 g/mol. The third kappa shape index (κ3) is 2.16. The summed E-state index contributed by atoms with van der Waals surface area (Å²) in [4.78, 5) is 0. The molecule has 0 N–H and O–H groups in total. The van der Waals surface area contributed by atoms with Crippen molar-refractivity contribution < 1.29 is 4.74 Å². The van der Waals surface area contributed by atoms with Crippen LogP contribution in [0.1, 0.15) is 19.8 Å². The Labute approximate surface area is 67.8 Å². The van der Waals surface area contributed by atoms with Crippen molar-refractivity contribution in [2.24, 2.45) is 0 Å². The van der Waals surface area contributed by atoms with Crippen molar-refractivity contribution in [3.05, 3.63) is 23.5 Å². The molecule has 1 heteroatoms. The lowest BCUT2D eigenvalue weighted by Crippen LogP contribution is -1.97. The van der Waals surface area contributed by atoms with Gasteiger partial charge < -0.3 is 4.74 Å². The molecule has 0 heterocycles. The van der Waals surface area contributed by atoms with Gasteiger partial charge in [-0.05, 0) is 31.4 Å². The summed E-state index contributed by atoms with van der Waals surface area (Å²) in [6.45, 7) is 2.45. The standard InChI is InChI=1S/C10H12O/c1-3-8-11-10-7-5-4-6-9(10)2/h1,5,7H,4,6,8H2,2H3. The van der Waals surface area contributed by atoms with Crippen molar-refractivity contribution in [2.45, 2.75) is 19.8 Å². The lowest BCUT2D eigenvalue weighted by molar-refractivity contribution is 0.261. The van der Waals surface area contributed by atoms with Crippen LogP contribution in [-0.2, 0) is 4.74 Å². The SMILES string of the molecule is C#CCOC1=C(C)CCC=C1. The van der Waals surface area contributed by atoms with Gasteiger partial charge in [0, 0.05) is 0 Å². The molecule has 0 aromatic rings. The van der Waals surface area contributed by atoms with E-state index in [4.69, 9.17) is 11.2 Å². The molecule has 0 fully saturated rings. The summed E-state index contributed by atoms with van der Waals surface area (Å²) in [6.07, 6.45) is 11.4. The average molecular weight is 148 g/mol. The second kappa shape index (κ2) is 3.88. The number of hydrogen-bond acceptors (Lipinski definition) is 1. The summed E-state index contributed by atoms with van der Waals surface area (Å²) in [5.41, 5.74) is 1.29. The van der Waals surface area contributed by atoms with Gasteiger partial charge in [0.2, 0.25) is 0 Å². The molecule has 0 spiro atoms. The molecule has 1 rings (SSSR count). The number of ether oxygens (including phenoxy) is 1. The van der Waals surface area contributed by atoms with Crippen LogP contribution in [0, 0.1) is 12.3 Å². The molecule has 0 bridgehead atoms. The minimum Gasteiger partial charge on any atom is -0.481 e. The minimum atomic E-state index is 0.372. The fraction of sp³-hybridized carbons (Fsp3) is 0.400. The maximum atomic E-state index is 5.30. The van der Waals surface area contributed by atoms with Gasteiger partial charge in [-0.1, -0.05) is 12.0 Å². The lowest BCUT2D eigenvalue weighted by atomic mass is 10.1. The number of terminal acetylenes is 1. The highest BCUT2D eigenvalue weighted by atomic mass is 16.5. The molecule has 0 atom stereocenters. The predicted octanol–water partition coefficient (Wildman–Crippen LogP) is 2.26. The fourth-order valence-electron chi connectivity index (χ4n) is 1.05. The van der Waals surface area contributed by atoms with Gasteiger partial charge in [0.25, 0.3) is 0 Å². The molecule has 0 saturated carbocycles. The first kappa shape index (κ1) is 7.94. The summed E-state index contributed by atoms with van der Waals surface area (Å²) in [7, 11) is 0. The molecule has 0 unspecified atom stereocenters. The second-order valence-electron chi connectivity index (χ2n) is 2.58. The van der Waals surface area contributed by atoms with Crippen LogP contribution in [0.3, 0.4) is 0 Å². The van der Waals surface area contributed by atoms with E-state index in [1.54, 1.807) is 0 Å². The van der Waals surface area contributed by atoms with Crippen LogP contribution in [0.15, 0.2) is 23.5 Å². The Morgan fingerprint density at radius 2 is 2.55 bits per heavy atom. The Kier molecular flexibility index (Phi) is 2.80. The van der Waals surface area contributed by atoms with Crippen molar-refractivity contribution >= 4 is 0 Å². The smallest absolute Gasteiger partial charge is 0.148 e. The van der Waals surface area contributed by atoms with E-state index in [1.807, 2.05) is 6.08 Å². The first-order chi connectivity index (χ1) is 5.34. The van der Waals surface area contributed by atoms with E-state index >= 15 is 0 Å². The minimum absolute atomic E-state index is 0.372. The summed E-state index contributed by atoms with van der Waals surface area (Å²) in [5.74, 6) is 3.40. The zero-order valence-corrected chi connectivity index (χ0v) is 6.76. The van der Waals surface area contributed by atoms with E-state index < -0.39 is 0 Å². The summed E-state index contributed by atoms with van der Waals surface area (Å²) in [5, 5.41) is 0. The van der Waals surface area contributed by atoms with Crippen LogP contribution < -0.4 is 0 Å². The highest BCUT2D eigenvalue weighted by Gasteiger charge is 2.03. The van der Waals surface area contributed by atoms with Crippen molar-refractivity contribution in [3.8, 4) is 12.3 Å². The van der Waals surface area contributed by atoms with E-state index in [9.17, 15) is 0 Å². The van der Waals surface area contributed by atoms with Crippen LogP contribution in [0.5, 0.6) is 0 Å². The fourth-order valence-corrected chi connectivity index (χ4v) is 1.05. The maximum Gasteiger partial charge on any atom is 0.148 e. The van der Waals surface area contributed by atoms with Crippen molar-refractivity contribution in [3.63, 3.8) is 0 Å². The highest BCUT2D eigenvalue weighted by molar-refractivity contribution is 5.23. The Hall–Kier alpha value is -1.16. The monoisotopic (exact) mass is 148 g/mol. The normalized spacial score (nSPS) is 16.4. The molecule has 0 aromatic heterocycles. The largest absolute Gasteiger partial charge is 0.481 e. The number of hydrogen-bond donors (Lipinski definition) is 0. The van der Waals surface area contributed by atoms with Crippen LogP contribution in [-0.4, -0.2) is 6.61 Å². The molecule has 0 aromatic carbocycles. The van der Waals surface area contributed by atoms with Crippen LogP contribution in [0.2, 0.25) is 0 Å². The van der Waals surface area contributed by atoms with Gasteiger partial charge in [-0.2, -0.15) is 0 Å². The van der Waals surface area contributed by atoms with E-state index in [-0.39, 0.29) is 0 Å². The van der Waals surface area contributed by atoms with Gasteiger partial charge >= 0.3 is 0 Å². The van der Waals surface area contributed by atoms with Crippen molar-refractivity contribution in [2.75, 3.05) is 6.61 Å². The molecule has 0 radical (unpaired) electrons. The van der Waals surface area contributed by atoms with E-state index in [1.165, 1.54) is 5.57 Å². The van der Waals surface area contributed by atoms with E-state index in [2.05, 4.69) is 18.9 Å². The molecule has 0 amide bonds. The molecule has 1 nitrogen and oxygen atoms in total. The third-order valence-electron chi connectivity index (χ3n) is 1.69. The Morgan fingerprint density at radius 3 is 3.18 bits per heavy atom. The quantitative estimate of drug-likeness (QED) is 0.546. The lowest BCUT2D eigenvalue weighted by Gasteiger charge is -2.11. The summed E-state index contributed by atoms with van der Waals surface area (Å²) in [6, 6.07) is 0. The predicted molar refractivity (Wildman–Crippen MR) is 45.9 cm³/mol. The molecule has 58 valence electrons. The van der Waals surface area contributed by atoms with Gasteiger partial charge in [-0.25, -0.2) is 0 Å². The second-order valence-corrected chi connectivity index (χ2v) is 2.58. The van der Waals surface area contributed by atoms with Gasteiger partial charge in [-0.15, -0.1) is 6.42 Å². The molecule has 0 saturated heterocycles. The van der Waals surface area contributed by atoms with Crippen molar-refractivity contribution in [1.82, 2.24) is 0 Å². The van der Waals surface area contributed by atoms with Crippen molar-refractivity contribution in [1.29, 1.82) is 0 Å². The van der Waals surface area contributed by atoms with Gasteiger partial charge in [0.15, 0.2) is 0 Å². The Bertz CT molecular complexity index is 228. The van der Waals surface area contributed by atoms with Gasteiger partial charge in [-0.3, -0.25) is 0 Å². The number of allylic oxidation sites excluding steroid dienone is 3. The summed E-state index contributed by atoms with van der Waals surface area (Å²) < 4.78 is 5.30. The van der Waals surface area contributed by atoms with Crippen LogP contribution in [0.4, 0.5) is 0 Å². The molecule has 11 heavy (non-hydrogen) atoms. The van der Waals surface area contributed by atoms with E-state index in [0.29, 0.717) is 6.61 Å². The van der Waals surface area contributed by atoms with Crippen LogP contribution >= 0.6 is 0 Å². The Morgan fingerprint density at radius 1 is 1.73 bits per heavy atom. The third-order valence-corrected chi connectivity index (χ3v) is 1.69. The molecule has 1 aliphatic carbocycles. The van der Waals surface area contributed by atoms with Crippen LogP contribution in [0.25, 0.3) is 0 Å². The highest BCUT2D eigenvalue weighted by Crippen LogP contribution is 2.18. The molecule has 0 aliphatic heterocycles. The first-order valence-electron chi connectivity index (χ1n) is 3.77. The van der Waals surface area contributed by atoms with Gasteiger partial charge in [0.1, 0.15) is 12.4 Å². The Balaban J connectivity index is 2.55. The first-order valence-corrected chi connectivity index (χ1v) is 3.77. The average Bonchev–Trinajstić information content (AvgIpc) is 2.03. The zero-order chi connectivity index (χ0) is 8.10. The van der Waals surface area contributed by atoms with E-state index in [0.717, 1.165) is 18.6 Å². The zero-order valence-electron chi connectivity index (χ0n) is 6.76. The maximum absolute atomic E-state index is 5.30. The number of rotatable bonds is 2. The summed E-state index contributed by atoms with van der Waals surface area (Å²) >= 11 is 0. The molecular formula is C10H12O. The van der Waals surface area contributed by atoms with Gasteiger partial charge in [0.05, 0.1) is 0 Å². The topological polar surface area (TPSA) is 9.23 Å². The molecule has 1 aliphatic rings.